The van der Waals surface area contributed by atoms with Gasteiger partial charge in [-0.1, -0.05) is 29.3 Å². The topological polar surface area (TPSA) is 50.5 Å². The van der Waals surface area contributed by atoms with Crippen LogP contribution in [0.2, 0.25) is 10.0 Å². The first-order valence-corrected chi connectivity index (χ1v) is 10.5. The maximum absolute atomic E-state index is 13.1. The van der Waals surface area contributed by atoms with Crippen LogP contribution in [0.1, 0.15) is 10.6 Å². The largest absolute Gasteiger partial charge is 0.468 e. The zero-order valence-corrected chi connectivity index (χ0v) is 16.8. The van der Waals surface area contributed by atoms with Crippen LogP contribution in [0.15, 0.2) is 63.4 Å². The van der Waals surface area contributed by atoms with E-state index in [1.54, 1.807) is 24.5 Å². The Morgan fingerprint density at radius 2 is 1.89 bits per heavy atom. The number of imide groups is 1. The molecular weight excluding hydrogens is 425 g/mol. The highest BCUT2D eigenvalue weighted by molar-refractivity contribution is 8.03. The second-order valence-corrected chi connectivity index (χ2v) is 8.34. The Kier molecular flexibility index (Phi) is 5.14. The molecule has 0 aliphatic carbocycles. The fourth-order valence-electron chi connectivity index (χ4n) is 2.68. The van der Waals surface area contributed by atoms with Gasteiger partial charge in [-0.2, -0.15) is 0 Å². The predicted octanol–water partition coefficient (Wildman–Crippen LogP) is 5.87. The summed E-state index contributed by atoms with van der Waals surface area (Å²) in [5.41, 5.74) is 0.791. The fourth-order valence-corrected chi connectivity index (χ4v) is 4.81. The smallest absolute Gasteiger partial charge is 0.272 e. The molecule has 27 heavy (non-hydrogen) atoms. The van der Waals surface area contributed by atoms with Gasteiger partial charge < -0.3 is 4.42 Å². The summed E-state index contributed by atoms with van der Waals surface area (Å²) in [6.45, 7) is 0. The van der Waals surface area contributed by atoms with Crippen LogP contribution in [0, 0.1) is 0 Å². The number of rotatable bonds is 5. The van der Waals surface area contributed by atoms with Gasteiger partial charge in [-0.05, 0) is 41.8 Å². The third-order valence-electron chi connectivity index (χ3n) is 3.91. The molecule has 0 bridgehead atoms. The molecule has 136 valence electrons. The van der Waals surface area contributed by atoms with Crippen LogP contribution in [0.25, 0.3) is 5.57 Å². The normalized spacial score (nSPS) is 14.5. The molecule has 1 aromatic carbocycles. The van der Waals surface area contributed by atoms with Crippen molar-refractivity contribution in [3.05, 3.63) is 79.7 Å². The molecule has 4 rings (SSSR count). The summed E-state index contributed by atoms with van der Waals surface area (Å²) in [7, 11) is 0. The number of hydrogen-bond donors (Lipinski definition) is 0. The highest BCUT2D eigenvalue weighted by atomic mass is 35.5. The zero-order valence-electron chi connectivity index (χ0n) is 13.6. The van der Waals surface area contributed by atoms with Crippen molar-refractivity contribution in [3.63, 3.8) is 0 Å². The van der Waals surface area contributed by atoms with E-state index in [2.05, 4.69) is 0 Å². The summed E-state index contributed by atoms with van der Waals surface area (Å²) in [6.07, 6.45) is 1.58. The Morgan fingerprint density at radius 3 is 2.56 bits per heavy atom. The lowest BCUT2D eigenvalue weighted by atomic mass is 10.2. The molecule has 8 heteroatoms. The van der Waals surface area contributed by atoms with E-state index < -0.39 is 0 Å². The summed E-state index contributed by atoms with van der Waals surface area (Å²) >= 11 is 14.7. The number of nitrogens with zero attached hydrogens (tertiary/aromatic N) is 1. The van der Waals surface area contributed by atoms with Crippen LogP contribution in [0.3, 0.4) is 0 Å². The number of amides is 2. The summed E-state index contributed by atoms with van der Waals surface area (Å²) in [4.78, 5) is 28.5. The van der Waals surface area contributed by atoms with Crippen LogP contribution >= 0.6 is 46.3 Å². The number of carbonyl (C=O) groups is 2. The molecule has 3 heterocycles. The van der Waals surface area contributed by atoms with Gasteiger partial charge in [-0.15, -0.1) is 23.1 Å². The van der Waals surface area contributed by atoms with Crippen molar-refractivity contribution in [3.8, 4) is 0 Å². The zero-order chi connectivity index (χ0) is 19.0. The average Bonchev–Trinajstić information content (AvgIpc) is 3.38. The van der Waals surface area contributed by atoms with Gasteiger partial charge in [-0.25, -0.2) is 4.90 Å². The number of benzene rings is 1. The molecule has 0 fully saturated rings. The highest BCUT2D eigenvalue weighted by Gasteiger charge is 2.40. The lowest BCUT2D eigenvalue weighted by Gasteiger charge is -2.15. The van der Waals surface area contributed by atoms with Crippen LogP contribution in [-0.4, -0.2) is 11.8 Å². The Hall–Kier alpha value is -1.99. The first kappa shape index (κ1) is 18.4. The van der Waals surface area contributed by atoms with Crippen molar-refractivity contribution in [1.82, 2.24) is 0 Å². The first-order valence-electron chi connectivity index (χ1n) is 7.83. The lowest BCUT2D eigenvalue weighted by molar-refractivity contribution is -0.119. The Labute approximate surface area is 173 Å². The Bertz CT molecular complexity index is 1040. The fraction of sp³-hybridized carbons (Fsp3) is 0.0526. The van der Waals surface area contributed by atoms with Crippen LogP contribution in [-0.2, 0) is 15.3 Å². The van der Waals surface area contributed by atoms with Crippen LogP contribution in [0.5, 0.6) is 0 Å². The minimum Gasteiger partial charge on any atom is -0.468 e. The van der Waals surface area contributed by atoms with Gasteiger partial charge in [0.05, 0.1) is 38.2 Å². The van der Waals surface area contributed by atoms with Crippen molar-refractivity contribution in [1.29, 1.82) is 0 Å². The van der Waals surface area contributed by atoms with Crippen molar-refractivity contribution >= 4 is 69.4 Å². The molecule has 0 saturated heterocycles. The van der Waals surface area contributed by atoms with Crippen molar-refractivity contribution in [2.75, 3.05) is 4.90 Å². The summed E-state index contributed by atoms with van der Waals surface area (Å²) in [5, 5.41) is 2.51. The van der Waals surface area contributed by atoms with Gasteiger partial charge in [0.1, 0.15) is 5.76 Å². The Balaban J connectivity index is 1.73. The number of thiophene rings is 1. The van der Waals surface area contributed by atoms with Gasteiger partial charge in [0.15, 0.2) is 0 Å². The number of thioether (sulfide) groups is 1. The van der Waals surface area contributed by atoms with Crippen molar-refractivity contribution < 1.29 is 14.0 Å². The van der Waals surface area contributed by atoms with E-state index in [1.807, 2.05) is 23.6 Å². The lowest BCUT2D eigenvalue weighted by Crippen LogP contribution is -2.31. The molecule has 0 atom stereocenters. The van der Waals surface area contributed by atoms with Gasteiger partial charge >= 0.3 is 0 Å². The molecule has 0 radical (unpaired) electrons. The molecule has 2 aromatic heterocycles. The SMILES string of the molecule is O=C1C(SCc2ccco2)=C(c2cccs2)C(=O)N1c1ccc(Cl)c(Cl)c1. The maximum Gasteiger partial charge on any atom is 0.272 e. The van der Waals surface area contributed by atoms with Crippen molar-refractivity contribution in [2.45, 2.75) is 5.75 Å². The third kappa shape index (κ3) is 3.46. The van der Waals surface area contributed by atoms with E-state index >= 15 is 0 Å². The molecule has 1 aliphatic heterocycles. The molecular formula is C19H11Cl2NO3S2. The van der Waals surface area contributed by atoms with E-state index in [9.17, 15) is 9.59 Å². The minimum absolute atomic E-state index is 0.282. The average molecular weight is 436 g/mol. The first-order chi connectivity index (χ1) is 13.1. The number of halogens is 2. The quantitative estimate of drug-likeness (QED) is 0.470. The van der Waals surface area contributed by atoms with Crippen LogP contribution in [0.4, 0.5) is 5.69 Å². The summed E-state index contributed by atoms with van der Waals surface area (Å²) in [5.74, 6) is 0.429. The predicted molar refractivity (Wildman–Crippen MR) is 110 cm³/mol. The standard InChI is InChI=1S/C19H11Cl2NO3S2/c20-13-6-5-11(9-14(13)21)22-18(23)16(15-4-2-8-26-15)17(19(22)24)27-10-12-3-1-7-25-12/h1-9H,10H2. The third-order valence-corrected chi connectivity index (χ3v) is 6.63. The molecule has 0 unspecified atom stereocenters. The van der Waals surface area contributed by atoms with Gasteiger partial charge in [0.25, 0.3) is 11.8 Å². The molecule has 3 aromatic rings. The van der Waals surface area contributed by atoms with Crippen LogP contribution < -0.4 is 4.90 Å². The van der Waals surface area contributed by atoms with E-state index in [4.69, 9.17) is 27.6 Å². The summed E-state index contributed by atoms with van der Waals surface area (Å²) in [6, 6.07) is 12.0. The summed E-state index contributed by atoms with van der Waals surface area (Å²) < 4.78 is 5.34. The minimum atomic E-state index is -0.377. The second kappa shape index (κ2) is 7.56. The molecule has 4 nitrogen and oxygen atoms in total. The molecule has 0 saturated carbocycles. The van der Waals surface area contributed by atoms with Crippen molar-refractivity contribution in [2.24, 2.45) is 0 Å². The van der Waals surface area contributed by atoms with E-state index in [0.29, 0.717) is 26.9 Å². The van der Waals surface area contributed by atoms with Gasteiger partial charge in [0, 0.05) is 4.88 Å². The van der Waals surface area contributed by atoms with E-state index in [1.165, 1.54) is 29.2 Å². The second-order valence-electron chi connectivity index (χ2n) is 5.59. The highest BCUT2D eigenvalue weighted by Crippen LogP contribution is 2.41. The number of hydrogen-bond acceptors (Lipinski definition) is 5. The monoisotopic (exact) mass is 435 g/mol. The number of anilines is 1. The Morgan fingerprint density at radius 1 is 1.04 bits per heavy atom. The van der Waals surface area contributed by atoms with E-state index in [-0.39, 0.29) is 16.8 Å². The molecule has 0 N–H and O–H groups in total. The van der Waals surface area contributed by atoms with Gasteiger partial charge in [0.2, 0.25) is 0 Å². The molecule has 2 amide bonds. The molecule has 0 spiro atoms. The molecule has 1 aliphatic rings. The number of furan rings is 1. The van der Waals surface area contributed by atoms with Gasteiger partial charge in [-0.3, -0.25) is 9.59 Å². The maximum atomic E-state index is 13.1. The number of carbonyl (C=O) groups excluding carboxylic acids is 2. The van der Waals surface area contributed by atoms with E-state index in [0.717, 1.165) is 15.5 Å².